The maximum Gasteiger partial charge on any atom is 0.131 e. The van der Waals surface area contributed by atoms with E-state index in [9.17, 15) is 4.79 Å². The molecule has 1 N–H and O–H groups in total. The highest BCUT2D eigenvalue weighted by Gasteiger charge is 2.18. The summed E-state index contributed by atoms with van der Waals surface area (Å²) in [5.74, 6) is 0.257. The van der Waals surface area contributed by atoms with Gasteiger partial charge >= 0.3 is 0 Å². The van der Waals surface area contributed by atoms with E-state index in [2.05, 4.69) is 26.1 Å². The molecule has 0 fully saturated rings. The van der Waals surface area contributed by atoms with Gasteiger partial charge in [-0.05, 0) is 33.7 Å². The van der Waals surface area contributed by atoms with Crippen LogP contribution in [0.1, 0.15) is 53.4 Å². The van der Waals surface area contributed by atoms with Crippen LogP contribution in [0.3, 0.4) is 0 Å². The minimum absolute atomic E-state index is 0.0282. The minimum atomic E-state index is -0.0282. The maximum absolute atomic E-state index is 10.9. The molecular weight excluding hydrogens is 162 g/mol. The lowest BCUT2D eigenvalue weighted by Crippen LogP contribution is -2.41. The Hall–Kier alpha value is -0.370. The van der Waals surface area contributed by atoms with Crippen molar-refractivity contribution in [1.29, 1.82) is 0 Å². The maximum atomic E-state index is 10.9. The van der Waals surface area contributed by atoms with E-state index in [0.717, 1.165) is 6.54 Å². The number of hydrogen-bond donors (Lipinski definition) is 1. The van der Waals surface area contributed by atoms with Crippen LogP contribution in [0.4, 0.5) is 0 Å². The fourth-order valence-electron chi connectivity index (χ4n) is 1.49. The van der Waals surface area contributed by atoms with Gasteiger partial charge in [-0.2, -0.15) is 0 Å². The molecule has 0 spiro atoms. The number of carbonyl (C=O) groups is 1. The van der Waals surface area contributed by atoms with Gasteiger partial charge in [0.15, 0.2) is 0 Å². The van der Waals surface area contributed by atoms with Crippen molar-refractivity contribution in [3.05, 3.63) is 0 Å². The molecule has 0 aromatic heterocycles. The Labute approximate surface area is 82.1 Å². The normalized spacial score (nSPS) is 11.7. The van der Waals surface area contributed by atoms with Gasteiger partial charge in [-0.25, -0.2) is 0 Å². The average Bonchev–Trinajstić information content (AvgIpc) is 1.95. The summed E-state index contributed by atoms with van der Waals surface area (Å²) in [4.78, 5) is 10.9. The Bertz CT molecular complexity index is 152. The molecule has 13 heavy (non-hydrogen) atoms. The summed E-state index contributed by atoms with van der Waals surface area (Å²) in [6.45, 7) is 9.03. The monoisotopic (exact) mass is 185 g/mol. The van der Waals surface area contributed by atoms with E-state index >= 15 is 0 Å². The van der Waals surface area contributed by atoms with E-state index < -0.39 is 0 Å². The number of hydrogen-bond acceptors (Lipinski definition) is 2. The SMILES string of the molecule is CCCCCNC(C)(C)CC(C)=O. The van der Waals surface area contributed by atoms with Crippen molar-refractivity contribution < 1.29 is 4.79 Å². The van der Waals surface area contributed by atoms with E-state index in [0.29, 0.717) is 6.42 Å². The Balaban J connectivity index is 3.56. The first-order chi connectivity index (χ1) is 5.98. The molecule has 0 aliphatic carbocycles. The van der Waals surface area contributed by atoms with E-state index in [-0.39, 0.29) is 11.3 Å². The van der Waals surface area contributed by atoms with E-state index in [1.165, 1.54) is 19.3 Å². The van der Waals surface area contributed by atoms with Crippen LogP contribution in [0.15, 0.2) is 0 Å². The van der Waals surface area contributed by atoms with E-state index in [1.54, 1.807) is 6.92 Å². The van der Waals surface area contributed by atoms with Crippen LogP contribution in [-0.4, -0.2) is 17.9 Å². The zero-order valence-electron chi connectivity index (χ0n) is 9.44. The second kappa shape index (κ2) is 6.14. The van der Waals surface area contributed by atoms with Crippen molar-refractivity contribution in [1.82, 2.24) is 5.32 Å². The molecule has 0 heterocycles. The van der Waals surface area contributed by atoms with Gasteiger partial charge in [-0.15, -0.1) is 0 Å². The molecule has 0 bridgehead atoms. The fourth-order valence-corrected chi connectivity index (χ4v) is 1.49. The highest BCUT2D eigenvalue weighted by molar-refractivity contribution is 5.76. The highest BCUT2D eigenvalue weighted by atomic mass is 16.1. The number of rotatable bonds is 7. The predicted molar refractivity (Wildman–Crippen MR) is 56.9 cm³/mol. The molecule has 0 amide bonds. The van der Waals surface area contributed by atoms with Crippen molar-refractivity contribution >= 4 is 5.78 Å². The molecule has 2 nitrogen and oxygen atoms in total. The summed E-state index contributed by atoms with van der Waals surface area (Å²) in [6, 6.07) is 0. The van der Waals surface area contributed by atoms with E-state index in [4.69, 9.17) is 0 Å². The summed E-state index contributed by atoms with van der Waals surface area (Å²) < 4.78 is 0. The Kier molecular flexibility index (Phi) is 5.97. The molecule has 0 rings (SSSR count). The highest BCUT2D eigenvalue weighted by Crippen LogP contribution is 2.08. The van der Waals surface area contributed by atoms with Crippen LogP contribution >= 0.6 is 0 Å². The van der Waals surface area contributed by atoms with Crippen LogP contribution < -0.4 is 5.32 Å². The predicted octanol–water partition coefficient (Wildman–Crippen LogP) is 2.52. The molecule has 0 saturated heterocycles. The molecular formula is C11H23NO. The average molecular weight is 185 g/mol. The van der Waals surface area contributed by atoms with Crippen molar-refractivity contribution in [3.63, 3.8) is 0 Å². The third kappa shape index (κ3) is 7.97. The second-order valence-corrected chi connectivity index (χ2v) is 4.40. The number of carbonyl (C=O) groups excluding carboxylic acids is 1. The zero-order chi connectivity index (χ0) is 10.3. The number of unbranched alkanes of at least 4 members (excludes halogenated alkanes) is 2. The molecule has 0 aromatic rings. The third-order valence-electron chi connectivity index (χ3n) is 2.07. The smallest absolute Gasteiger partial charge is 0.131 e. The minimum Gasteiger partial charge on any atom is -0.311 e. The fraction of sp³-hybridized carbons (Fsp3) is 0.909. The molecule has 0 aliphatic rings. The van der Waals surface area contributed by atoms with Crippen molar-refractivity contribution in [2.24, 2.45) is 0 Å². The van der Waals surface area contributed by atoms with Crippen LogP contribution in [0.5, 0.6) is 0 Å². The lowest BCUT2D eigenvalue weighted by Gasteiger charge is -2.25. The van der Waals surface area contributed by atoms with Crippen LogP contribution in [-0.2, 0) is 4.79 Å². The number of nitrogens with one attached hydrogen (secondary N) is 1. The van der Waals surface area contributed by atoms with E-state index in [1.807, 2.05) is 0 Å². The van der Waals surface area contributed by atoms with Gasteiger partial charge in [0.25, 0.3) is 0 Å². The van der Waals surface area contributed by atoms with Gasteiger partial charge in [-0.1, -0.05) is 19.8 Å². The molecule has 0 aromatic carbocycles. The molecule has 0 aliphatic heterocycles. The lowest BCUT2D eigenvalue weighted by molar-refractivity contribution is -0.118. The van der Waals surface area contributed by atoms with Gasteiger partial charge in [0.1, 0.15) is 5.78 Å². The standard InChI is InChI=1S/C11H23NO/c1-5-6-7-8-12-11(3,4)9-10(2)13/h12H,5-9H2,1-4H3. The van der Waals surface area contributed by atoms with Gasteiger partial charge in [0, 0.05) is 12.0 Å². The summed E-state index contributed by atoms with van der Waals surface area (Å²) >= 11 is 0. The van der Waals surface area contributed by atoms with Gasteiger partial charge in [-0.3, -0.25) is 4.79 Å². The second-order valence-electron chi connectivity index (χ2n) is 4.40. The van der Waals surface area contributed by atoms with Gasteiger partial charge in [0.05, 0.1) is 0 Å². The summed E-state index contributed by atoms with van der Waals surface area (Å²) in [5, 5.41) is 3.40. The van der Waals surface area contributed by atoms with Crippen molar-refractivity contribution in [2.45, 2.75) is 58.9 Å². The first kappa shape index (κ1) is 12.6. The van der Waals surface area contributed by atoms with Crippen molar-refractivity contribution in [2.75, 3.05) is 6.54 Å². The molecule has 2 heteroatoms. The third-order valence-corrected chi connectivity index (χ3v) is 2.07. The molecule has 0 unspecified atom stereocenters. The number of Topliss-reactive ketones (excluding diaryl/α,β-unsaturated/α-hetero) is 1. The molecule has 78 valence electrons. The molecule has 0 atom stereocenters. The Morgan fingerprint density at radius 3 is 2.38 bits per heavy atom. The Morgan fingerprint density at radius 1 is 1.31 bits per heavy atom. The molecule has 0 radical (unpaired) electrons. The van der Waals surface area contributed by atoms with Gasteiger partial charge in [0.2, 0.25) is 0 Å². The summed E-state index contributed by atoms with van der Waals surface area (Å²) in [5.41, 5.74) is -0.0282. The van der Waals surface area contributed by atoms with Crippen LogP contribution in [0, 0.1) is 0 Å². The van der Waals surface area contributed by atoms with Crippen molar-refractivity contribution in [3.8, 4) is 0 Å². The number of ketones is 1. The Morgan fingerprint density at radius 2 is 1.92 bits per heavy atom. The summed E-state index contributed by atoms with van der Waals surface area (Å²) in [6.07, 6.45) is 4.34. The first-order valence-electron chi connectivity index (χ1n) is 5.22. The van der Waals surface area contributed by atoms with Gasteiger partial charge < -0.3 is 5.32 Å². The molecule has 0 saturated carbocycles. The van der Waals surface area contributed by atoms with Crippen LogP contribution in [0.25, 0.3) is 0 Å². The lowest BCUT2D eigenvalue weighted by atomic mass is 9.98. The largest absolute Gasteiger partial charge is 0.311 e. The summed E-state index contributed by atoms with van der Waals surface area (Å²) in [7, 11) is 0. The van der Waals surface area contributed by atoms with Crippen LogP contribution in [0.2, 0.25) is 0 Å². The zero-order valence-corrected chi connectivity index (χ0v) is 9.44. The topological polar surface area (TPSA) is 29.1 Å². The quantitative estimate of drug-likeness (QED) is 0.617. The first-order valence-corrected chi connectivity index (χ1v) is 5.22.